The number of rotatable bonds is 10. The zero-order chi connectivity index (χ0) is 27.6. The molecular formula is C24H36N6O6. The van der Waals surface area contributed by atoms with E-state index in [1.165, 1.54) is 4.90 Å². The van der Waals surface area contributed by atoms with Gasteiger partial charge in [-0.25, -0.2) is 9.59 Å². The van der Waals surface area contributed by atoms with Crippen LogP contribution >= 0.6 is 0 Å². The lowest BCUT2D eigenvalue weighted by molar-refractivity contribution is -0.144. The van der Waals surface area contributed by atoms with Crippen molar-refractivity contribution in [3.05, 3.63) is 35.9 Å². The van der Waals surface area contributed by atoms with Crippen molar-refractivity contribution in [2.24, 2.45) is 16.5 Å². The van der Waals surface area contributed by atoms with E-state index in [9.17, 15) is 24.3 Å². The molecule has 0 radical (unpaired) electrons. The molecule has 1 heterocycles. The molecule has 1 aromatic rings. The van der Waals surface area contributed by atoms with Crippen LogP contribution in [0.25, 0.3) is 0 Å². The topological polar surface area (TPSA) is 189 Å². The number of hydrogen-bond acceptors (Lipinski definition) is 6. The van der Waals surface area contributed by atoms with E-state index < -0.39 is 47.6 Å². The van der Waals surface area contributed by atoms with Gasteiger partial charge in [0.2, 0.25) is 5.91 Å². The van der Waals surface area contributed by atoms with E-state index in [4.69, 9.17) is 17.6 Å². The Balaban J connectivity index is 2.16. The lowest BCUT2D eigenvalue weighted by Crippen LogP contribution is -2.53. The van der Waals surface area contributed by atoms with Crippen molar-refractivity contribution in [1.29, 1.82) is 0 Å². The molecule has 12 heteroatoms. The fourth-order valence-corrected chi connectivity index (χ4v) is 3.83. The SMILES string of the molecule is [2H]CC(C)(C)OC(=O)NC(C(=O)N1CCC[C@H]1C(=O)N[C@@H](CCCN=C(N)N)C(=O)O)c1ccccc1. The van der Waals surface area contributed by atoms with Gasteiger partial charge in [0.25, 0.3) is 5.91 Å². The average Bonchev–Trinajstić information content (AvgIpc) is 3.34. The third kappa shape index (κ3) is 8.75. The molecule has 0 saturated carbocycles. The van der Waals surface area contributed by atoms with Gasteiger partial charge in [-0.15, -0.1) is 0 Å². The summed E-state index contributed by atoms with van der Waals surface area (Å²) in [5, 5.41) is 14.6. The highest BCUT2D eigenvalue weighted by Crippen LogP contribution is 2.24. The van der Waals surface area contributed by atoms with Gasteiger partial charge in [0.15, 0.2) is 5.96 Å². The summed E-state index contributed by atoms with van der Waals surface area (Å²) in [4.78, 5) is 56.1. The molecule has 1 saturated heterocycles. The van der Waals surface area contributed by atoms with E-state index in [-0.39, 0.29) is 32.4 Å². The first-order chi connectivity index (χ1) is 17.4. The molecule has 1 fully saturated rings. The molecular weight excluding hydrogens is 468 g/mol. The smallest absolute Gasteiger partial charge is 0.408 e. The summed E-state index contributed by atoms with van der Waals surface area (Å²) in [6, 6.07) is 5.30. The van der Waals surface area contributed by atoms with Crippen LogP contribution in [-0.2, 0) is 19.1 Å². The van der Waals surface area contributed by atoms with Gasteiger partial charge in [0.05, 0.1) is 0 Å². The Morgan fingerprint density at radius 3 is 2.56 bits per heavy atom. The number of amides is 3. The Bertz CT molecular complexity index is 985. The van der Waals surface area contributed by atoms with E-state index in [0.717, 1.165) is 0 Å². The number of nitrogens with one attached hydrogen (secondary N) is 2. The maximum Gasteiger partial charge on any atom is 0.408 e. The summed E-state index contributed by atoms with van der Waals surface area (Å²) in [5.41, 5.74) is 9.97. The average molecular weight is 506 g/mol. The van der Waals surface area contributed by atoms with Crippen LogP contribution < -0.4 is 22.1 Å². The maximum atomic E-state index is 13.6. The Morgan fingerprint density at radius 1 is 1.25 bits per heavy atom. The summed E-state index contributed by atoms with van der Waals surface area (Å²) in [7, 11) is 0. The van der Waals surface area contributed by atoms with Crippen LogP contribution in [0.1, 0.15) is 59.4 Å². The molecule has 0 aromatic heterocycles. The standard InChI is InChI=1S/C24H36N6O6/c1-24(2,3)36-23(35)29-18(15-9-5-4-6-10-15)20(32)30-14-8-12-17(30)19(31)28-16(21(33)34)11-7-13-27-22(25)26/h4-6,9-10,16-18H,7-8,11-14H2,1-3H3,(H,28,31)(H,29,35)(H,33,34)(H4,25,26,27)/t16-,17-,18?/m0/s1/i1D. The number of nitrogens with zero attached hydrogens (tertiary/aromatic N) is 2. The van der Waals surface area contributed by atoms with Gasteiger partial charge in [-0.2, -0.15) is 0 Å². The lowest BCUT2D eigenvalue weighted by atomic mass is 10.0. The second-order valence-electron chi connectivity index (χ2n) is 9.18. The van der Waals surface area contributed by atoms with Gasteiger partial charge in [-0.3, -0.25) is 14.6 Å². The molecule has 1 aromatic carbocycles. The van der Waals surface area contributed by atoms with Gasteiger partial charge < -0.3 is 36.8 Å². The molecule has 198 valence electrons. The normalized spacial score (nSPS) is 17.3. The minimum Gasteiger partial charge on any atom is -0.480 e. The van der Waals surface area contributed by atoms with Gasteiger partial charge in [0, 0.05) is 14.5 Å². The lowest BCUT2D eigenvalue weighted by Gasteiger charge is -2.30. The minimum atomic E-state index is -1.21. The van der Waals surface area contributed by atoms with Crippen LogP contribution in [0.3, 0.4) is 0 Å². The second kappa shape index (κ2) is 12.8. The quantitative estimate of drug-likeness (QED) is 0.176. The highest BCUT2D eigenvalue weighted by Gasteiger charge is 2.39. The van der Waals surface area contributed by atoms with E-state index in [1.54, 1.807) is 44.2 Å². The maximum absolute atomic E-state index is 13.6. The first-order valence-corrected chi connectivity index (χ1v) is 11.7. The molecule has 3 atom stereocenters. The van der Waals surface area contributed by atoms with Crippen LogP contribution in [0, 0.1) is 0 Å². The zero-order valence-electron chi connectivity index (χ0n) is 21.6. The molecule has 1 unspecified atom stereocenters. The van der Waals surface area contributed by atoms with Gasteiger partial charge in [0.1, 0.15) is 23.7 Å². The van der Waals surface area contributed by atoms with Crippen molar-refractivity contribution in [1.82, 2.24) is 15.5 Å². The summed E-state index contributed by atoms with van der Waals surface area (Å²) >= 11 is 0. The number of carboxylic acids is 1. The molecule has 1 aliphatic heterocycles. The van der Waals surface area contributed by atoms with Crippen LogP contribution in [0.15, 0.2) is 35.3 Å². The number of alkyl carbamates (subject to hydrolysis) is 1. The number of aliphatic carboxylic acids is 1. The minimum absolute atomic E-state index is 0.102. The van der Waals surface area contributed by atoms with E-state index in [0.29, 0.717) is 24.8 Å². The predicted molar refractivity (Wildman–Crippen MR) is 133 cm³/mol. The van der Waals surface area contributed by atoms with Crippen LogP contribution in [0.2, 0.25) is 0 Å². The van der Waals surface area contributed by atoms with Crippen molar-refractivity contribution in [3.63, 3.8) is 0 Å². The van der Waals surface area contributed by atoms with Crippen LogP contribution in [0.5, 0.6) is 0 Å². The number of guanidine groups is 1. The Labute approximate surface area is 211 Å². The fourth-order valence-electron chi connectivity index (χ4n) is 3.83. The monoisotopic (exact) mass is 505 g/mol. The van der Waals surface area contributed by atoms with Crippen LogP contribution in [0.4, 0.5) is 4.79 Å². The molecule has 12 nitrogen and oxygen atoms in total. The molecule has 0 aliphatic carbocycles. The number of hydrogen-bond donors (Lipinski definition) is 5. The van der Waals surface area contributed by atoms with Gasteiger partial charge >= 0.3 is 12.1 Å². The summed E-state index contributed by atoms with van der Waals surface area (Å²) in [5.74, 6) is -2.43. The van der Waals surface area contributed by atoms with Crippen molar-refractivity contribution < 1.29 is 30.4 Å². The second-order valence-corrected chi connectivity index (χ2v) is 9.18. The van der Waals surface area contributed by atoms with E-state index in [1.807, 2.05) is 0 Å². The summed E-state index contributed by atoms with van der Waals surface area (Å²) in [6.45, 7) is 3.46. The molecule has 2 rings (SSSR count). The van der Waals surface area contributed by atoms with E-state index >= 15 is 0 Å². The predicted octanol–water partition coefficient (Wildman–Crippen LogP) is 0.866. The highest BCUT2D eigenvalue weighted by molar-refractivity contribution is 5.93. The van der Waals surface area contributed by atoms with Gasteiger partial charge in [-0.1, -0.05) is 30.3 Å². The fraction of sp³-hybridized carbons (Fsp3) is 0.542. The largest absolute Gasteiger partial charge is 0.480 e. The van der Waals surface area contributed by atoms with Gasteiger partial charge in [-0.05, 0) is 52.0 Å². The number of ether oxygens (including phenoxy) is 1. The van der Waals surface area contributed by atoms with E-state index in [2.05, 4.69) is 15.6 Å². The number of carbonyl (C=O) groups is 4. The molecule has 7 N–H and O–H groups in total. The first-order valence-electron chi connectivity index (χ1n) is 12.4. The van der Waals surface area contributed by atoms with Crippen molar-refractivity contribution >= 4 is 29.8 Å². The zero-order valence-corrected chi connectivity index (χ0v) is 20.6. The number of benzene rings is 1. The molecule has 0 bridgehead atoms. The summed E-state index contributed by atoms with van der Waals surface area (Å²) in [6.07, 6.45) is 0.440. The van der Waals surface area contributed by atoms with Crippen molar-refractivity contribution in [3.8, 4) is 0 Å². The third-order valence-electron chi connectivity index (χ3n) is 5.41. The number of carbonyl (C=O) groups excluding carboxylic acids is 3. The number of nitrogens with two attached hydrogens (primary N) is 2. The molecule has 1 aliphatic rings. The first kappa shape index (κ1) is 26.8. The summed E-state index contributed by atoms with van der Waals surface area (Å²) < 4.78 is 12.8. The van der Waals surface area contributed by atoms with Crippen molar-refractivity contribution in [2.75, 3.05) is 13.1 Å². The highest BCUT2D eigenvalue weighted by atomic mass is 16.6. The Kier molecular flexibility index (Phi) is 9.48. The molecule has 3 amide bonds. The Hall–Kier alpha value is -3.83. The number of likely N-dealkylation sites (tertiary alicyclic amines) is 1. The molecule has 36 heavy (non-hydrogen) atoms. The van der Waals surface area contributed by atoms with Crippen molar-refractivity contribution in [2.45, 2.75) is 70.2 Å². The third-order valence-corrected chi connectivity index (χ3v) is 5.41. The Morgan fingerprint density at radius 2 is 1.94 bits per heavy atom. The van der Waals surface area contributed by atoms with Crippen LogP contribution in [-0.4, -0.2) is 70.6 Å². The number of aliphatic imine (C=N–C) groups is 1. The number of carboxylic acid groups (broad SMARTS) is 1. The molecule has 0 spiro atoms.